The number of benzene rings is 2. The summed E-state index contributed by atoms with van der Waals surface area (Å²) in [6, 6.07) is 19.3. The molecule has 0 N–H and O–H groups in total. The van der Waals surface area contributed by atoms with Gasteiger partial charge in [0.15, 0.2) is 11.0 Å². The summed E-state index contributed by atoms with van der Waals surface area (Å²) in [4.78, 5) is 4.53. The number of hydrogen-bond donors (Lipinski definition) is 0. The van der Waals surface area contributed by atoms with E-state index in [4.69, 9.17) is 20.5 Å². The highest BCUT2D eigenvalue weighted by atomic mass is 35.5. The predicted molar refractivity (Wildman–Crippen MR) is 122 cm³/mol. The van der Waals surface area contributed by atoms with E-state index in [2.05, 4.69) is 20.3 Å². The number of halogens is 1. The molecule has 5 aromatic rings. The van der Waals surface area contributed by atoms with Crippen molar-refractivity contribution in [2.45, 2.75) is 24.4 Å². The molecule has 9 heteroatoms. The van der Waals surface area contributed by atoms with Crippen molar-refractivity contribution >= 4 is 23.4 Å². The summed E-state index contributed by atoms with van der Waals surface area (Å²) in [6.45, 7) is 2.53. The highest BCUT2D eigenvalue weighted by molar-refractivity contribution is 7.98. The summed E-state index contributed by atoms with van der Waals surface area (Å²) >= 11 is 7.52. The number of thioether (sulfide) groups is 1. The first-order chi connectivity index (χ1) is 15.7. The van der Waals surface area contributed by atoms with Crippen LogP contribution in [0.25, 0.3) is 22.8 Å². The largest absolute Gasteiger partial charge is 0.467 e. The van der Waals surface area contributed by atoms with E-state index >= 15 is 0 Å². The molecule has 160 valence electrons. The minimum absolute atomic E-state index is 0.468. The molecule has 0 radical (unpaired) electrons. The van der Waals surface area contributed by atoms with E-state index in [9.17, 15) is 0 Å². The first kappa shape index (κ1) is 20.5. The van der Waals surface area contributed by atoms with E-state index in [0.29, 0.717) is 29.0 Å². The second-order valence-electron chi connectivity index (χ2n) is 7.15. The summed E-state index contributed by atoms with van der Waals surface area (Å²) < 4.78 is 13.0. The van der Waals surface area contributed by atoms with E-state index in [0.717, 1.165) is 33.4 Å². The highest BCUT2D eigenvalue weighted by Crippen LogP contribution is 2.28. The van der Waals surface area contributed by atoms with Crippen molar-refractivity contribution in [2.24, 2.45) is 0 Å². The Morgan fingerprint density at radius 3 is 2.66 bits per heavy atom. The van der Waals surface area contributed by atoms with E-state index in [1.165, 1.54) is 11.8 Å². The second kappa shape index (κ2) is 9.02. The first-order valence-electron chi connectivity index (χ1n) is 9.89. The summed E-state index contributed by atoms with van der Waals surface area (Å²) in [5.41, 5.74) is 2.99. The molecular weight excluding hydrogens is 446 g/mol. The number of furan rings is 1. The Balaban J connectivity index is 1.39. The fourth-order valence-electron chi connectivity index (χ4n) is 3.25. The monoisotopic (exact) mass is 463 g/mol. The average molecular weight is 464 g/mol. The van der Waals surface area contributed by atoms with Crippen LogP contribution in [0.2, 0.25) is 5.02 Å². The van der Waals surface area contributed by atoms with Crippen LogP contribution >= 0.6 is 23.4 Å². The van der Waals surface area contributed by atoms with Gasteiger partial charge in [-0.05, 0) is 49.4 Å². The van der Waals surface area contributed by atoms with Crippen molar-refractivity contribution in [2.75, 3.05) is 0 Å². The molecule has 0 saturated heterocycles. The molecule has 0 bridgehead atoms. The van der Waals surface area contributed by atoms with Gasteiger partial charge in [-0.1, -0.05) is 52.3 Å². The van der Waals surface area contributed by atoms with Gasteiger partial charge < -0.3 is 8.94 Å². The van der Waals surface area contributed by atoms with Crippen LogP contribution in [-0.4, -0.2) is 24.9 Å². The number of aromatic nitrogens is 5. The van der Waals surface area contributed by atoms with E-state index < -0.39 is 0 Å². The predicted octanol–water partition coefficient (Wildman–Crippen LogP) is 5.89. The summed E-state index contributed by atoms with van der Waals surface area (Å²) in [5, 5.41) is 14.3. The van der Waals surface area contributed by atoms with Crippen LogP contribution in [0, 0.1) is 6.92 Å². The highest BCUT2D eigenvalue weighted by Gasteiger charge is 2.18. The zero-order valence-electron chi connectivity index (χ0n) is 17.1. The molecule has 0 fully saturated rings. The average Bonchev–Trinajstić information content (AvgIpc) is 3.55. The molecule has 0 aliphatic rings. The van der Waals surface area contributed by atoms with Crippen molar-refractivity contribution in [1.82, 2.24) is 24.9 Å². The standard InChI is InChI=1S/C23H18ClN5O2S/c1-15-4-2-5-17(12-15)21-25-20(31-28-21)14-32-23-27-26-22(16-7-9-18(24)10-8-16)29(23)13-19-6-3-11-30-19/h2-12H,13-14H2,1H3. The molecule has 0 aliphatic carbocycles. The maximum Gasteiger partial charge on any atom is 0.237 e. The van der Waals surface area contributed by atoms with Gasteiger partial charge in [0, 0.05) is 16.1 Å². The van der Waals surface area contributed by atoms with Gasteiger partial charge in [0.05, 0.1) is 18.6 Å². The summed E-state index contributed by atoms with van der Waals surface area (Å²) in [6.07, 6.45) is 1.65. The van der Waals surface area contributed by atoms with Gasteiger partial charge in [-0.15, -0.1) is 10.2 Å². The number of rotatable bonds is 7. The van der Waals surface area contributed by atoms with Crippen molar-refractivity contribution in [3.8, 4) is 22.8 Å². The van der Waals surface area contributed by atoms with Gasteiger partial charge in [-0.25, -0.2) is 0 Å². The lowest BCUT2D eigenvalue weighted by Gasteiger charge is -2.08. The third kappa shape index (κ3) is 4.46. The third-order valence-electron chi connectivity index (χ3n) is 4.78. The maximum absolute atomic E-state index is 6.05. The Morgan fingerprint density at radius 2 is 1.88 bits per heavy atom. The number of nitrogens with zero attached hydrogens (tertiary/aromatic N) is 5. The van der Waals surface area contributed by atoms with Crippen LogP contribution in [0.15, 0.2) is 81.0 Å². The SMILES string of the molecule is Cc1cccc(-c2noc(CSc3nnc(-c4ccc(Cl)cc4)n3Cc3ccco3)n2)c1. The zero-order chi connectivity index (χ0) is 21.9. The number of hydrogen-bond acceptors (Lipinski definition) is 7. The molecule has 0 amide bonds. The van der Waals surface area contributed by atoms with Crippen molar-refractivity contribution in [3.05, 3.63) is 89.2 Å². The lowest BCUT2D eigenvalue weighted by Crippen LogP contribution is -2.03. The Kier molecular flexibility index (Phi) is 5.79. The molecular formula is C23H18ClN5O2S. The topological polar surface area (TPSA) is 82.8 Å². The molecule has 5 rings (SSSR count). The quantitative estimate of drug-likeness (QED) is 0.278. The van der Waals surface area contributed by atoms with E-state index in [1.54, 1.807) is 6.26 Å². The molecule has 0 saturated carbocycles. The van der Waals surface area contributed by atoms with Gasteiger partial charge in [0.2, 0.25) is 11.7 Å². The summed E-state index contributed by atoms with van der Waals surface area (Å²) in [7, 11) is 0. The normalized spacial score (nSPS) is 11.2. The molecule has 32 heavy (non-hydrogen) atoms. The Bertz CT molecular complexity index is 1330. The van der Waals surface area contributed by atoms with Gasteiger partial charge >= 0.3 is 0 Å². The maximum atomic E-state index is 6.05. The summed E-state index contributed by atoms with van der Waals surface area (Å²) in [5.74, 6) is 3.10. The van der Waals surface area contributed by atoms with Crippen molar-refractivity contribution < 1.29 is 8.94 Å². The molecule has 0 spiro atoms. The van der Waals surface area contributed by atoms with Crippen LogP contribution in [0.3, 0.4) is 0 Å². The Labute approximate surface area is 193 Å². The first-order valence-corrected chi connectivity index (χ1v) is 11.3. The molecule has 0 unspecified atom stereocenters. The fourth-order valence-corrected chi connectivity index (χ4v) is 4.15. The van der Waals surface area contributed by atoms with Crippen LogP contribution in [-0.2, 0) is 12.3 Å². The van der Waals surface area contributed by atoms with Crippen LogP contribution in [0.4, 0.5) is 0 Å². The Hall–Kier alpha value is -3.36. The van der Waals surface area contributed by atoms with Gasteiger partial charge in [-0.2, -0.15) is 4.98 Å². The van der Waals surface area contributed by atoms with Crippen LogP contribution in [0.1, 0.15) is 17.2 Å². The van der Waals surface area contributed by atoms with Crippen LogP contribution in [0.5, 0.6) is 0 Å². The molecule has 0 atom stereocenters. The second-order valence-corrected chi connectivity index (χ2v) is 8.53. The van der Waals surface area contributed by atoms with Crippen molar-refractivity contribution in [3.63, 3.8) is 0 Å². The van der Waals surface area contributed by atoms with E-state index in [1.807, 2.05) is 72.2 Å². The van der Waals surface area contributed by atoms with Crippen molar-refractivity contribution in [1.29, 1.82) is 0 Å². The molecule has 2 aromatic carbocycles. The Morgan fingerprint density at radius 1 is 1.00 bits per heavy atom. The lowest BCUT2D eigenvalue weighted by molar-refractivity contribution is 0.391. The van der Waals surface area contributed by atoms with E-state index in [-0.39, 0.29) is 0 Å². The fraction of sp³-hybridized carbons (Fsp3) is 0.130. The van der Waals surface area contributed by atoms with Gasteiger partial charge in [-0.3, -0.25) is 4.57 Å². The smallest absolute Gasteiger partial charge is 0.237 e. The molecule has 7 nitrogen and oxygen atoms in total. The zero-order valence-corrected chi connectivity index (χ0v) is 18.7. The molecule has 0 aliphatic heterocycles. The van der Waals surface area contributed by atoms with Crippen LogP contribution < -0.4 is 0 Å². The molecule has 3 aromatic heterocycles. The minimum atomic E-state index is 0.468. The van der Waals surface area contributed by atoms with Gasteiger partial charge in [0.25, 0.3) is 0 Å². The number of aryl methyl sites for hydroxylation is 1. The minimum Gasteiger partial charge on any atom is -0.467 e. The molecule has 3 heterocycles. The van der Waals surface area contributed by atoms with Gasteiger partial charge in [0.1, 0.15) is 5.76 Å². The third-order valence-corrected chi connectivity index (χ3v) is 5.99. The lowest BCUT2D eigenvalue weighted by atomic mass is 10.1.